The van der Waals surface area contributed by atoms with Crippen LogP contribution >= 0.6 is 12.4 Å². The molecule has 0 saturated heterocycles. The van der Waals surface area contributed by atoms with Crippen LogP contribution in [0.5, 0.6) is 0 Å². The number of carbonyl (C=O) groups is 1. The van der Waals surface area contributed by atoms with Crippen LogP contribution < -0.4 is 5.73 Å². The Balaban J connectivity index is 0.00000144. The summed E-state index contributed by atoms with van der Waals surface area (Å²) in [6.07, 6.45) is 3.61. The summed E-state index contributed by atoms with van der Waals surface area (Å²) in [6, 6.07) is 7.45. The van der Waals surface area contributed by atoms with E-state index in [1.54, 1.807) is 6.07 Å². The third kappa shape index (κ3) is 3.72. The Morgan fingerprint density at radius 1 is 1.53 bits per heavy atom. The molecule has 2 N–H and O–H groups in total. The van der Waals surface area contributed by atoms with Gasteiger partial charge in [-0.15, -0.1) is 12.4 Å². The van der Waals surface area contributed by atoms with Crippen molar-refractivity contribution in [1.82, 2.24) is 0 Å². The van der Waals surface area contributed by atoms with Crippen molar-refractivity contribution in [3.63, 3.8) is 0 Å². The van der Waals surface area contributed by atoms with Crippen molar-refractivity contribution in [3.8, 4) is 0 Å². The molecule has 1 saturated carbocycles. The second-order valence-electron chi connectivity index (χ2n) is 4.40. The highest BCUT2D eigenvalue weighted by Gasteiger charge is 2.24. The Labute approximate surface area is 108 Å². The molecule has 1 atom stereocenters. The highest BCUT2D eigenvalue weighted by Crippen LogP contribution is 2.36. The number of rotatable bonds is 4. The summed E-state index contributed by atoms with van der Waals surface area (Å²) >= 11 is 0. The number of hydrogen-bond acceptors (Lipinski definition) is 3. The van der Waals surface area contributed by atoms with E-state index in [9.17, 15) is 4.79 Å². The molecule has 1 aliphatic carbocycles. The minimum atomic E-state index is -0.305. The molecule has 0 spiro atoms. The minimum absolute atomic E-state index is 0. The molecule has 1 aromatic rings. The van der Waals surface area contributed by atoms with E-state index in [0.29, 0.717) is 5.56 Å². The van der Waals surface area contributed by atoms with Gasteiger partial charge in [0, 0.05) is 6.04 Å². The fourth-order valence-electron chi connectivity index (χ4n) is 1.86. The quantitative estimate of drug-likeness (QED) is 0.842. The first-order valence-corrected chi connectivity index (χ1v) is 5.64. The van der Waals surface area contributed by atoms with Crippen LogP contribution in [0.3, 0.4) is 0 Å². The van der Waals surface area contributed by atoms with E-state index in [4.69, 9.17) is 5.73 Å². The van der Waals surface area contributed by atoms with Crippen LogP contribution in [0, 0.1) is 5.92 Å². The van der Waals surface area contributed by atoms with Crippen LogP contribution in [0.15, 0.2) is 24.3 Å². The van der Waals surface area contributed by atoms with Gasteiger partial charge < -0.3 is 10.5 Å². The number of benzene rings is 1. The molecule has 0 bridgehead atoms. The fourth-order valence-corrected chi connectivity index (χ4v) is 1.86. The van der Waals surface area contributed by atoms with Gasteiger partial charge in [-0.3, -0.25) is 0 Å². The highest BCUT2D eigenvalue weighted by atomic mass is 35.5. The molecule has 1 aromatic carbocycles. The number of ether oxygens (including phenoxy) is 1. The van der Waals surface area contributed by atoms with E-state index in [0.717, 1.165) is 17.9 Å². The van der Waals surface area contributed by atoms with Crippen molar-refractivity contribution in [3.05, 3.63) is 35.4 Å². The van der Waals surface area contributed by atoms with Crippen molar-refractivity contribution >= 4 is 18.4 Å². The number of halogens is 1. The molecule has 0 unspecified atom stereocenters. The molecule has 0 heterocycles. The van der Waals surface area contributed by atoms with Gasteiger partial charge in [-0.1, -0.05) is 25.0 Å². The predicted octanol–water partition coefficient (Wildman–Crippen LogP) is 2.69. The molecule has 0 radical (unpaired) electrons. The van der Waals surface area contributed by atoms with Crippen molar-refractivity contribution in [1.29, 1.82) is 0 Å². The Kier molecular flexibility index (Phi) is 4.97. The summed E-state index contributed by atoms with van der Waals surface area (Å²) in [5.74, 6) is 0.484. The van der Waals surface area contributed by atoms with Crippen molar-refractivity contribution in [2.24, 2.45) is 11.7 Å². The van der Waals surface area contributed by atoms with E-state index >= 15 is 0 Å². The molecule has 1 aliphatic rings. The smallest absolute Gasteiger partial charge is 0.337 e. The van der Waals surface area contributed by atoms with E-state index < -0.39 is 0 Å². The summed E-state index contributed by atoms with van der Waals surface area (Å²) in [6.45, 7) is 0. The molecule has 3 nitrogen and oxygen atoms in total. The van der Waals surface area contributed by atoms with Crippen molar-refractivity contribution < 1.29 is 9.53 Å². The average molecular weight is 256 g/mol. The number of methoxy groups -OCH3 is 1. The zero-order valence-electron chi connectivity index (χ0n) is 9.89. The largest absolute Gasteiger partial charge is 0.465 e. The lowest BCUT2D eigenvalue weighted by molar-refractivity contribution is 0.0600. The predicted molar refractivity (Wildman–Crippen MR) is 69.3 cm³/mol. The molecule has 17 heavy (non-hydrogen) atoms. The molecular weight excluding hydrogens is 238 g/mol. The molecular formula is C13H18ClNO2. The lowest BCUT2D eigenvalue weighted by Crippen LogP contribution is -2.12. The number of nitrogens with two attached hydrogens (primary N) is 1. The SMILES string of the molecule is COC(=O)c1cccc([C@@H](N)CC2CC2)c1.Cl. The summed E-state index contributed by atoms with van der Waals surface area (Å²) in [4.78, 5) is 11.4. The van der Waals surface area contributed by atoms with Gasteiger partial charge in [0.2, 0.25) is 0 Å². The van der Waals surface area contributed by atoms with Gasteiger partial charge in [-0.05, 0) is 30.0 Å². The lowest BCUT2D eigenvalue weighted by Gasteiger charge is -2.12. The summed E-state index contributed by atoms with van der Waals surface area (Å²) in [5, 5.41) is 0. The molecule has 0 aliphatic heterocycles. The average Bonchev–Trinajstić information content (AvgIpc) is 3.12. The molecule has 2 rings (SSSR count). The summed E-state index contributed by atoms with van der Waals surface area (Å²) < 4.78 is 4.68. The monoisotopic (exact) mass is 255 g/mol. The third-order valence-electron chi connectivity index (χ3n) is 3.02. The zero-order chi connectivity index (χ0) is 11.5. The molecule has 0 amide bonds. The second-order valence-corrected chi connectivity index (χ2v) is 4.40. The van der Waals surface area contributed by atoms with Gasteiger partial charge in [-0.25, -0.2) is 4.79 Å². The van der Waals surface area contributed by atoms with E-state index in [2.05, 4.69) is 4.74 Å². The van der Waals surface area contributed by atoms with Crippen LogP contribution in [0.25, 0.3) is 0 Å². The summed E-state index contributed by atoms with van der Waals surface area (Å²) in [7, 11) is 1.39. The van der Waals surface area contributed by atoms with Gasteiger partial charge in [0.05, 0.1) is 12.7 Å². The van der Waals surface area contributed by atoms with Gasteiger partial charge in [-0.2, -0.15) is 0 Å². The Bertz CT molecular complexity index is 391. The first-order chi connectivity index (χ1) is 7.70. The topological polar surface area (TPSA) is 52.3 Å². The van der Waals surface area contributed by atoms with E-state index in [1.165, 1.54) is 20.0 Å². The summed E-state index contributed by atoms with van der Waals surface area (Å²) in [5.41, 5.74) is 7.69. The second kappa shape index (κ2) is 6.03. The van der Waals surface area contributed by atoms with Crippen LogP contribution in [0.2, 0.25) is 0 Å². The van der Waals surface area contributed by atoms with Crippen molar-refractivity contribution in [2.45, 2.75) is 25.3 Å². The molecule has 4 heteroatoms. The van der Waals surface area contributed by atoms with E-state index in [1.807, 2.05) is 18.2 Å². The zero-order valence-corrected chi connectivity index (χ0v) is 10.7. The maximum atomic E-state index is 11.4. The van der Waals surface area contributed by atoms with Gasteiger partial charge >= 0.3 is 5.97 Å². The molecule has 94 valence electrons. The normalized spacial score (nSPS) is 15.9. The Morgan fingerprint density at radius 3 is 2.82 bits per heavy atom. The number of hydrogen-bond donors (Lipinski definition) is 1. The number of carbonyl (C=O) groups excluding carboxylic acids is 1. The third-order valence-corrected chi connectivity index (χ3v) is 3.02. The van der Waals surface area contributed by atoms with Crippen LogP contribution in [0.1, 0.15) is 41.2 Å². The van der Waals surface area contributed by atoms with Crippen LogP contribution in [-0.4, -0.2) is 13.1 Å². The first-order valence-electron chi connectivity index (χ1n) is 5.64. The van der Waals surface area contributed by atoms with Gasteiger partial charge in [0.15, 0.2) is 0 Å². The minimum Gasteiger partial charge on any atom is -0.465 e. The van der Waals surface area contributed by atoms with E-state index in [-0.39, 0.29) is 24.4 Å². The van der Waals surface area contributed by atoms with Gasteiger partial charge in [0.1, 0.15) is 0 Å². The van der Waals surface area contributed by atoms with Crippen molar-refractivity contribution in [2.75, 3.05) is 7.11 Å². The maximum Gasteiger partial charge on any atom is 0.337 e. The number of esters is 1. The Morgan fingerprint density at radius 2 is 2.24 bits per heavy atom. The molecule has 1 fully saturated rings. The van der Waals surface area contributed by atoms with Gasteiger partial charge in [0.25, 0.3) is 0 Å². The highest BCUT2D eigenvalue weighted by molar-refractivity contribution is 5.89. The molecule has 0 aromatic heterocycles. The fraction of sp³-hybridized carbons (Fsp3) is 0.462. The van der Waals surface area contributed by atoms with Crippen LogP contribution in [-0.2, 0) is 4.74 Å². The van der Waals surface area contributed by atoms with Crippen LogP contribution in [0.4, 0.5) is 0 Å². The Hall–Kier alpha value is -1.06. The maximum absolute atomic E-state index is 11.4. The lowest BCUT2D eigenvalue weighted by atomic mass is 10.00. The first kappa shape index (κ1) is 14.0. The standard InChI is InChI=1S/C13H17NO2.ClH/c1-16-13(15)11-4-2-3-10(8-11)12(14)7-9-5-6-9;/h2-4,8-9,12H,5-7,14H2,1H3;1H/t12-;/m0./s1.